The van der Waals surface area contributed by atoms with Gasteiger partial charge in [-0.1, -0.05) is 6.92 Å². The van der Waals surface area contributed by atoms with E-state index in [1.807, 2.05) is 0 Å². The SMILES string of the molecule is CCCNC(C)C1CCCN(S(=O)(=O)CC)C1. The fourth-order valence-corrected chi connectivity index (χ4v) is 3.55. The molecular formula is C12H26N2O2S. The zero-order chi connectivity index (χ0) is 12.9. The average molecular weight is 262 g/mol. The molecule has 0 aromatic heterocycles. The Morgan fingerprint density at radius 1 is 1.41 bits per heavy atom. The van der Waals surface area contributed by atoms with Crippen molar-refractivity contribution in [3.05, 3.63) is 0 Å². The molecule has 1 rings (SSSR count). The molecule has 0 spiro atoms. The lowest BCUT2D eigenvalue weighted by Crippen LogP contribution is -2.47. The Hall–Kier alpha value is -0.130. The summed E-state index contributed by atoms with van der Waals surface area (Å²) < 4.78 is 25.4. The van der Waals surface area contributed by atoms with Crippen LogP contribution in [0.5, 0.6) is 0 Å². The van der Waals surface area contributed by atoms with E-state index >= 15 is 0 Å². The Balaban J connectivity index is 2.54. The normalized spacial score (nSPS) is 24.8. The predicted octanol–water partition coefficient (Wildman–Crippen LogP) is 1.44. The molecule has 1 aliphatic heterocycles. The van der Waals surface area contributed by atoms with E-state index in [1.54, 1.807) is 11.2 Å². The molecule has 1 N–H and O–H groups in total. The van der Waals surface area contributed by atoms with Crippen LogP contribution in [0.2, 0.25) is 0 Å². The van der Waals surface area contributed by atoms with E-state index in [2.05, 4.69) is 19.2 Å². The van der Waals surface area contributed by atoms with E-state index in [-0.39, 0.29) is 5.75 Å². The minimum absolute atomic E-state index is 0.219. The summed E-state index contributed by atoms with van der Waals surface area (Å²) in [7, 11) is -3.00. The smallest absolute Gasteiger partial charge is 0.213 e. The molecular weight excluding hydrogens is 236 g/mol. The van der Waals surface area contributed by atoms with Crippen molar-refractivity contribution in [3.63, 3.8) is 0 Å². The molecule has 0 aromatic carbocycles. The first kappa shape index (κ1) is 14.9. The van der Waals surface area contributed by atoms with Crippen molar-refractivity contribution in [2.45, 2.75) is 46.1 Å². The third-order valence-corrected chi connectivity index (χ3v) is 5.45. The number of rotatable bonds is 6. The van der Waals surface area contributed by atoms with Gasteiger partial charge in [0.25, 0.3) is 0 Å². The molecule has 0 radical (unpaired) electrons. The van der Waals surface area contributed by atoms with Gasteiger partial charge in [-0.05, 0) is 45.6 Å². The highest BCUT2D eigenvalue weighted by atomic mass is 32.2. The summed E-state index contributed by atoms with van der Waals surface area (Å²) in [6, 6.07) is 0.407. The second-order valence-corrected chi connectivity index (χ2v) is 7.16. The Bertz CT molecular complexity index is 316. The van der Waals surface area contributed by atoms with Crippen LogP contribution >= 0.6 is 0 Å². The van der Waals surface area contributed by atoms with E-state index in [0.717, 1.165) is 25.8 Å². The lowest BCUT2D eigenvalue weighted by molar-refractivity contribution is 0.224. The number of piperidine rings is 1. The molecule has 0 amide bonds. The summed E-state index contributed by atoms with van der Waals surface area (Å²) in [5.74, 6) is 0.674. The van der Waals surface area contributed by atoms with Gasteiger partial charge in [0.1, 0.15) is 0 Å². The number of hydrogen-bond acceptors (Lipinski definition) is 3. The third-order valence-electron chi connectivity index (χ3n) is 3.60. The lowest BCUT2D eigenvalue weighted by Gasteiger charge is -2.35. The first-order valence-corrected chi connectivity index (χ1v) is 8.33. The van der Waals surface area contributed by atoms with Crippen LogP contribution in [0.4, 0.5) is 0 Å². The molecule has 0 aromatic rings. The van der Waals surface area contributed by atoms with Gasteiger partial charge in [0, 0.05) is 19.1 Å². The summed E-state index contributed by atoms with van der Waals surface area (Å²) in [4.78, 5) is 0. The molecule has 1 heterocycles. The van der Waals surface area contributed by atoms with Crippen molar-refractivity contribution in [1.82, 2.24) is 9.62 Å². The molecule has 4 nitrogen and oxygen atoms in total. The van der Waals surface area contributed by atoms with Crippen molar-refractivity contribution >= 4 is 10.0 Å². The first-order chi connectivity index (χ1) is 8.01. The number of nitrogens with one attached hydrogen (secondary N) is 1. The van der Waals surface area contributed by atoms with Crippen LogP contribution in [-0.4, -0.2) is 44.2 Å². The second kappa shape index (κ2) is 6.71. The largest absolute Gasteiger partial charge is 0.314 e. The Morgan fingerprint density at radius 2 is 2.12 bits per heavy atom. The summed E-state index contributed by atoms with van der Waals surface area (Å²) in [6.07, 6.45) is 3.24. The van der Waals surface area contributed by atoms with Crippen LogP contribution in [0.3, 0.4) is 0 Å². The minimum Gasteiger partial charge on any atom is -0.314 e. The van der Waals surface area contributed by atoms with Crippen molar-refractivity contribution in [2.24, 2.45) is 5.92 Å². The summed E-state index contributed by atoms with van der Waals surface area (Å²) in [6.45, 7) is 8.44. The number of sulfonamides is 1. The molecule has 2 atom stereocenters. The molecule has 1 fully saturated rings. The molecule has 102 valence electrons. The van der Waals surface area contributed by atoms with Crippen LogP contribution in [0, 0.1) is 5.92 Å². The zero-order valence-electron chi connectivity index (χ0n) is 11.3. The van der Waals surface area contributed by atoms with Gasteiger partial charge >= 0.3 is 0 Å². The molecule has 2 unspecified atom stereocenters. The monoisotopic (exact) mass is 262 g/mol. The van der Waals surface area contributed by atoms with Crippen molar-refractivity contribution < 1.29 is 8.42 Å². The van der Waals surface area contributed by atoms with Crippen molar-refractivity contribution in [2.75, 3.05) is 25.4 Å². The first-order valence-electron chi connectivity index (χ1n) is 6.72. The van der Waals surface area contributed by atoms with E-state index < -0.39 is 10.0 Å². The zero-order valence-corrected chi connectivity index (χ0v) is 12.1. The van der Waals surface area contributed by atoms with E-state index in [9.17, 15) is 8.42 Å². The highest BCUT2D eigenvalue weighted by Crippen LogP contribution is 2.22. The van der Waals surface area contributed by atoms with Crippen LogP contribution in [0.15, 0.2) is 0 Å². The van der Waals surface area contributed by atoms with Gasteiger partial charge in [0.15, 0.2) is 0 Å². The second-order valence-electron chi connectivity index (χ2n) is 4.90. The Labute approximate surface area is 106 Å². The topological polar surface area (TPSA) is 49.4 Å². The van der Waals surface area contributed by atoms with Gasteiger partial charge in [-0.15, -0.1) is 0 Å². The molecule has 17 heavy (non-hydrogen) atoms. The molecule has 1 aliphatic rings. The van der Waals surface area contributed by atoms with Crippen LogP contribution in [-0.2, 0) is 10.0 Å². The van der Waals surface area contributed by atoms with E-state index in [0.29, 0.717) is 25.0 Å². The summed E-state index contributed by atoms with van der Waals surface area (Å²) in [5, 5.41) is 3.47. The highest BCUT2D eigenvalue weighted by molar-refractivity contribution is 7.89. The maximum Gasteiger partial charge on any atom is 0.213 e. The molecule has 0 aliphatic carbocycles. The Morgan fingerprint density at radius 3 is 2.71 bits per heavy atom. The van der Waals surface area contributed by atoms with Crippen LogP contribution < -0.4 is 5.32 Å². The van der Waals surface area contributed by atoms with Gasteiger partial charge < -0.3 is 5.32 Å². The van der Waals surface area contributed by atoms with Crippen LogP contribution in [0.25, 0.3) is 0 Å². The van der Waals surface area contributed by atoms with Gasteiger partial charge in [0.05, 0.1) is 5.75 Å². The van der Waals surface area contributed by atoms with Gasteiger partial charge in [-0.3, -0.25) is 0 Å². The number of hydrogen-bond donors (Lipinski definition) is 1. The third kappa shape index (κ3) is 4.23. The molecule has 0 bridgehead atoms. The lowest BCUT2D eigenvalue weighted by atomic mass is 9.93. The van der Waals surface area contributed by atoms with E-state index in [4.69, 9.17) is 0 Å². The van der Waals surface area contributed by atoms with Crippen LogP contribution in [0.1, 0.15) is 40.0 Å². The minimum atomic E-state index is -3.00. The quantitative estimate of drug-likeness (QED) is 0.788. The van der Waals surface area contributed by atoms with Crippen molar-refractivity contribution in [3.8, 4) is 0 Å². The Kier molecular flexibility index (Phi) is 5.89. The maximum absolute atomic E-state index is 11.8. The molecule has 1 saturated heterocycles. The van der Waals surface area contributed by atoms with Gasteiger partial charge in [-0.2, -0.15) is 0 Å². The predicted molar refractivity (Wildman–Crippen MR) is 71.5 cm³/mol. The van der Waals surface area contributed by atoms with Gasteiger partial charge in [0.2, 0.25) is 10.0 Å². The summed E-state index contributed by atoms with van der Waals surface area (Å²) >= 11 is 0. The van der Waals surface area contributed by atoms with Crippen molar-refractivity contribution in [1.29, 1.82) is 0 Å². The highest BCUT2D eigenvalue weighted by Gasteiger charge is 2.29. The molecule has 5 heteroatoms. The average Bonchev–Trinajstić information content (AvgIpc) is 2.36. The van der Waals surface area contributed by atoms with E-state index in [1.165, 1.54) is 0 Å². The molecule has 0 saturated carbocycles. The fourth-order valence-electron chi connectivity index (χ4n) is 2.36. The summed E-state index contributed by atoms with van der Waals surface area (Å²) in [5.41, 5.74) is 0. The number of nitrogens with zero attached hydrogens (tertiary/aromatic N) is 1. The maximum atomic E-state index is 11.8. The van der Waals surface area contributed by atoms with Gasteiger partial charge in [-0.25, -0.2) is 12.7 Å². The standard InChI is InChI=1S/C12H26N2O2S/c1-4-8-13-11(3)12-7-6-9-14(10-12)17(15,16)5-2/h11-13H,4-10H2,1-3H3. The fraction of sp³-hybridized carbons (Fsp3) is 1.00.